The number of carbonyl (C=O) groups is 2. The Kier molecular flexibility index (Phi) is 8.58. The molecule has 1 fully saturated rings. The maximum Gasteiger partial charge on any atom is 0.287 e. The summed E-state index contributed by atoms with van der Waals surface area (Å²) in [4.78, 5) is 30.6. The quantitative estimate of drug-likeness (QED) is 0.366. The van der Waals surface area contributed by atoms with E-state index < -0.39 is 4.75 Å². The van der Waals surface area contributed by atoms with Crippen LogP contribution in [0.4, 0.5) is 0 Å². The van der Waals surface area contributed by atoms with Crippen molar-refractivity contribution in [1.82, 2.24) is 19.8 Å². The predicted molar refractivity (Wildman–Crippen MR) is 130 cm³/mol. The molecule has 1 aromatic heterocycles. The minimum absolute atomic E-state index is 0.0101. The molecule has 0 unspecified atom stereocenters. The highest BCUT2D eigenvalue weighted by Crippen LogP contribution is 2.53. The first-order valence-corrected chi connectivity index (χ1v) is 12.1. The number of aromatic nitrogens is 2. The second kappa shape index (κ2) is 11.0. The number of amides is 1. The molecule has 1 aromatic carbocycles. The Morgan fingerprint density at radius 3 is 2.58 bits per heavy atom. The summed E-state index contributed by atoms with van der Waals surface area (Å²) >= 11 is 7.54. The van der Waals surface area contributed by atoms with Crippen molar-refractivity contribution in [3.63, 3.8) is 0 Å². The summed E-state index contributed by atoms with van der Waals surface area (Å²) in [6, 6.07) is 7.20. The number of aldehydes is 1. The average molecular weight is 495 g/mol. The molecule has 1 aliphatic carbocycles. The number of likely N-dealkylation sites (N-methyl/N-ethyl adjacent to an activating group) is 1. The van der Waals surface area contributed by atoms with E-state index in [1.165, 1.54) is 6.20 Å². The normalized spacial score (nSPS) is 15.0. The van der Waals surface area contributed by atoms with Gasteiger partial charge in [-0.05, 0) is 44.5 Å². The van der Waals surface area contributed by atoms with Gasteiger partial charge in [0.1, 0.15) is 5.69 Å². The molecule has 0 bridgehead atoms. The van der Waals surface area contributed by atoms with Gasteiger partial charge in [0.05, 0.1) is 24.2 Å². The summed E-state index contributed by atoms with van der Waals surface area (Å²) in [5.74, 6) is -0.153. The van der Waals surface area contributed by atoms with Gasteiger partial charge in [-0.25, -0.2) is 4.98 Å². The van der Waals surface area contributed by atoms with Crippen LogP contribution in [0.15, 0.2) is 30.5 Å². The van der Waals surface area contributed by atoms with Crippen LogP contribution < -0.4 is 5.32 Å². The maximum absolute atomic E-state index is 12.7. The molecule has 180 valence electrons. The Hall–Kier alpha value is -1.91. The van der Waals surface area contributed by atoms with E-state index in [2.05, 4.69) is 15.2 Å². The van der Waals surface area contributed by atoms with E-state index in [9.17, 15) is 19.8 Å². The van der Waals surface area contributed by atoms with Gasteiger partial charge in [0.25, 0.3) is 5.91 Å². The van der Waals surface area contributed by atoms with Crippen LogP contribution in [0.3, 0.4) is 0 Å². The number of hydrogen-bond donors (Lipinski definition) is 3. The van der Waals surface area contributed by atoms with Crippen LogP contribution in [0, 0.1) is 0 Å². The van der Waals surface area contributed by atoms with Crippen molar-refractivity contribution < 1.29 is 19.8 Å². The Balaban J connectivity index is 1.59. The first-order chi connectivity index (χ1) is 15.7. The minimum atomic E-state index is -0.568. The van der Waals surface area contributed by atoms with E-state index in [1.807, 2.05) is 26.1 Å². The minimum Gasteiger partial charge on any atom is -0.395 e. The number of nitrogens with one attached hydrogen (secondary N) is 1. The Morgan fingerprint density at radius 2 is 2.00 bits per heavy atom. The fourth-order valence-corrected chi connectivity index (χ4v) is 5.57. The van der Waals surface area contributed by atoms with E-state index in [0.29, 0.717) is 36.6 Å². The van der Waals surface area contributed by atoms with E-state index in [0.717, 1.165) is 24.9 Å². The molecule has 10 heteroatoms. The lowest BCUT2D eigenvalue weighted by molar-refractivity contribution is 0.0935. The van der Waals surface area contributed by atoms with Gasteiger partial charge in [-0.1, -0.05) is 23.7 Å². The van der Waals surface area contributed by atoms with Crippen LogP contribution in [0.5, 0.6) is 0 Å². The number of carbonyl (C=O) groups excluding carboxylic acids is 2. The number of aliphatic hydroxyl groups is 2. The average Bonchev–Trinajstić information content (AvgIpc) is 3.42. The Labute approximate surface area is 203 Å². The second-order valence-electron chi connectivity index (χ2n) is 8.87. The van der Waals surface area contributed by atoms with Crippen LogP contribution in [0.1, 0.15) is 46.4 Å². The van der Waals surface area contributed by atoms with Crippen molar-refractivity contribution in [2.24, 2.45) is 0 Å². The summed E-state index contributed by atoms with van der Waals surface area (Å²) < 4.78 is 1.08. The predicted octanol–water partition coefficient (Wildman–Crippen LogP) is 2.22. The number of aliphatic hydroxyl groups excluding tert-OH is 2. The third-order valence-electron chi connectivity index (χ3n) is 5.78. The molecule has 1 amide bonds. The molecule has 0 atom stereocenters. The largest absolute Gasteiger partial charge is 0.395 e. The molecule has 3 rings (SSSR count). The van der Waals surface area contributed by atoms with Crippen LogP contribution >= 0.6 is 23.4 Å². The van der Waals surface area contributed by atoms with Crippen molar-refractivity contribution >= 4 is 35.6 Å². The molecule has 3 N–H and O–H groups in total. The Bertz CT molecular complexity index is 958. The van der Waals surface area contributed by atoms with Gasteiger partial charge in [-0.15, -0.1) is 11.8 Å². The monoisotopic (exact) mass is 494 g/mol. The fraction of sp³-hybridized carbons (Fsp3) is 0.522. The second-order valence-corrected chi connectivity index (χ2v) is 11.4. The first-order valence-electron chi connectivity index (χ1n) is 10.9. The highest BCUT2D eigenvalue weighted by Gasteiger charge is 2.48. The van der Waals surface area contributed by atoms with E-state index in [1.54, 1.807) is 28.5 Å². The van der Waals surface area contributed by atoms with Gasteiger partial charge in [0.15, 0.2) is 12.1 Å². The lowest BCUT2D eigenvalue weighted by Crippen LogP contribution is -2.38. The lowest BCUT2D eigenvalue weighted by atomic mass is 10.2. The molecule has 0 saturated heterocycles. The van der Waals surface area contributed by atoms with E-state index in [-0.39, 0.29) is 29.7 Å². The molecular formula is C23H31ClN4O4S. The zero-order valence-electron chi connectivity index (χ0n) is 19.0. The molecule has 0 spiro atoms. The fourth-order valence-electron chi connectivity index (χ4n) is 3.67. The molecule has 8 nitrogen and oxygen atoms in total. The van der Waals surface area contributed by atoms with Crippen molar-refractivity contribution in [1.29, 1.82) is 0 Å². The number of rotatable bonds is 13. The summed E-state index contributed by atoms with van der Waals surface area (Å²) in [5, 5.41) is 22.7. The van der Waals surface area contributed by atoms with Crippen LogP contribution in [0.2, 0.25) is 5.02 Å². The standard InChI is InChI=1S/C23H31ClN4O4S/c1-22(15-30,16-31)33-23(7-8-23)14-27(2)9-10-28-19(13-29)12-25-20(28)21(32)26-11-17-3-5-18(24)6-4-17/h3-6,12-13,30-31H,7-11,14-16H2,1-2H3,(H,26,32). The van der Waals surface area contributed by atoms with Crippen molar-refractivity contribution in [2.45, 2.75) is 42.3 Å². The third-order valence-corrected chi connectivity index (χ3v) is 7.75. The highest BCUT2D eigenvalue weighted by molar-refractivity contribution is 8.02. The summed E-state index contributed by atoms with van der Waals surface area (Å²) in [7, 11) is 1.99. The van der Waals surface area contributed by atoms with Crippen LogP contribution in [-0.2, 0) is 13.1 Å². The summed E-state index contributed by atoms with van der Waals surface area (Å²) in [6.45, 7) is 3.88. The molecular weight excluding hydrogens is 464 g/mol. The van der Waals surface area contributed by atoms with Crippen LogP contribution in [0.25, 0.3) is 0 Å². The number of halogens is 1. The van der Waals surface area contributed by atoms with Gasteiger partial charge in [0.2, 0.25) is 0 Å². The molecule has 2 aromatic rings. The van der Waals surface area contributed by atoms with E-state index >= 15 is 0 Å². The van der Waals surface area contributed by atoms with Crippen molar-refractivity contribution in [3.8, 4) is 0 Å². The Morgan fingerprint density at radius 1 is 1.33 bits per heavy atom. The van der Waals surface area contributed by atoms with Gasteiger partial charge in [-0.3, -0.25) is 9.59 Å². The third kappa shape index (κ3) is 6.80. The number of hydrogen-bond acceptors (Lipinski definition) is 7. The number of imidazole rings is 1. The molecule has 1 saturated carbocycles. The molecule has 1 aliphatic rings. The van der Waals surface area contributed by atoms with Gasteiger partial charge < -0.3 is 25.0 Å². The first kappa shape index (κ1) is 25.7. The topological polar surface area (TPSA) is 108 Å². The number of benzene rings is 1. The highest BCUT2D eigenvalue weighted by atomic mass is 35.5. The summed E-state index contributed by atoms with van der Waals surface area (Å²) in [5.41, 5.74) is 1.26. The SMILES string of the molecule is CN(CCn1c(C=O)cnc1C(=O)NCc1ccc(Cl)cc1)CC1(SC(C)(CO)CO)CC1. The van der Waals surface area contributed by atoms with E-state index in [4.69, 9.17) is 11.6 Å². The zero-order valence-corrected chi connectivity index (χ0v) is 20.5. The molecule has 1 heterocycles. The van der Waals surface area contributed by atoms with Gasteiger partial charge in [-0.2, -0.15) is 0 Å². The smallest absolute Gasteiger partial charge is 0.287 e. The van der Waals surface area contributed by atoms with Crippen LogP contribution in [-0.4, -0.2) is 79.7 Å². The molecule has 0 radical (unpaired) electrons. The van der Waals surface area contributed by atoms with Crippen molar-refractivity contribution in [3.05, 3.63) is 52.6 Å². The number of thioether (sulfide) groups is 1. The lowest BCUT2D eigenvalue weighted by Gasteiger charge is -2.32. The maximum atomic E-state index is 12.7. The van der Waals surface area contributed by atoms with Gasteiger partial charge >= 0.3 is 0 Å². The summed E-state index contributed by atoms with van der Waals surface area (Å²) in [6.07, 6.45) is 4.17. The number of nitrogens with zero attached hydrogens (tertiary/aromatic N) is 3. The molecule has 33 heavy (non-hydrogen) atoms. The zero-order chi connectivity index (χ0) is 24.1. The molecule has 0 aliphatic heterocycles. The van der Waals surface area contributed by atoms with Gasteiger partial charge in [0, 0.05) is 35.9 Å². The van der Waals surface area contributed by atoms with Crippen molar-refractivity contribution in [2.75, 3.05) is 33.4 Å².